The van der Waals surface area contributed by atoms with Gasteiger partial charge >= 0.3 is 5.97 Å². The van der Waals surface area contributed by atoms with Crippen LogP contribution in [0.15, 0.2) is 42.5 Å². The quantitative estimate of drug-likeness (QED) is 0.578. The highest BCUT2D eigenvalue weighted by molar-refractivity contribution is 7.17. The molecule has 1 aliphatic carbocycles. The second-order valence-electron chi connectivity index (χ2n) is 7.68. The second-order valence-corrected chi connectivity index (χ2v) is 8.79. The van der Waals surface area contributed by atoms with Crippen molar-refractivity contribution in [2.24, 2.45) is 5.92 Å². The molecule has 0 bridgehead atoms. The topological polar surface area (TPSA) is 55.4 Å². The molecule has 1 atom stereocenters. The first-order chi connectivity index (χ1) is 14.0. The first-order valence-electron chi connectivity index (χ1n) is 10.1. The van der Waals surface area contributed by atoms with E-state index < -0.39 is 0 Å². The Labute approximate surface area is 174 Å². The third kappa shape index (κ3) is 4.20. The summed E-state index contributed by atoms with van der Waals surface area (Å²) in [6, 6.07) is 14.2. The van der Waals surface area contributed by atoms with E-state index in [-0.39, 0.29) is 18.3 Å². The monoisotopic (exact) mass is 407 g/mol. The molecule has 4 rings (SSSR count). The van der Waals surface area contributed by atoms with Crippen LogP contribution < -0.4 is 5.32 Å². The fraction of sp³-hybridized carbons (Fsp3) is 0.333. The molecular formula is C24H25NO3S. The zero-order valence-corrected chi connectivity index (χ0v) is 17.6. The van der Waals surface area contributed by atoms with Crippen molar-refractivity contribution in [1.29, 1.82) is 0 Å². The molecule has 0 radical (unpaired) electrons. The van der Waals surface area contributed by atoms with E-state index in [2.05, 4.69) is 18.3 Å². The van der Waals surface area contributed by atoms with Crippen LogP contribution in [0.3, 0.4) is 0 Å². The number of benzene rings is 2. The highest BCUT2D eigenvalue weighted by Gasteiger charge is 2.29. The number of carbonyl (C=O) groups is 2. The molecular weight excluding hydrogens is 382 g/mol. The summed E-state index contributed by atoms with van der Waals surface area (Å²) in [6.07, 6.45) is 3.14. The molecule has 0 spiro atoms. The van der Waals surface area contributed by atoms with Gasteiger partial charge in [0.15, 0.2) is 0 Å². The predicted octanol–water partition coefficient (Wildman–Crippen LogP) is 5.38. The van der Waals surface area contributed by atoms with Crippen molar-refractivity contribution >= 4 is 39.0 Å². The van der Waals surface area contributed by atoms with Gasteiger partial charge in [-0.1, -0.05) is 49.4 Å². The minimum Gasteiger partial charge on any atom is -0.462 e. The summed E-state index contributed by atoms with van der Waals surface area (Å²) < 4.78 is 5.28. The number of thiophene rings is 1. The third-order valence-corrected chi connectivity index (χ3v) is 6.59. The number of anilines is 1. The maximum atomic E-state index is 12.8. The molecule has 1 heterocycles. The number of esters is 1. The lowest BCUT2D eigenvalue weighted by Gasteiger charge is -2.18. The smallest absolute Gasteiger partial charge is 0.341 e. The Morgan fingerprint density at radius 3 is 2.76 bits per heavy atom. The number of amides is 1. The average molecular weight is 408 g/mol. The van der Waals surface area contributed by atoms with Crippen molar-refractivity contribution < 1.29 is 14.3 Å². The predicted molar refractivity (Wildman–Crippen MR) is 118 cm³/mol. The highest BCUT2D eigenvalue weighted by Crippen LogP contribution is 2.40. The first-order valence-corrected chi connectivity index (χ1v) is 11.0. The fourth-order valence-electron chi connectivity index (χ4n) is 3.96. The number of nitrogens with one attached hydrogen (secondary N) is 1. The number of carbonyl (C=O) groups excluding carboxylic acids is 2. The molecule has 150 valence electrons. The van der Waals surface area contributed by atoms with Crippen LogP contribution >= 0.6 is 11.3 Å². The van der Waals surface area contributed by atoms with Gasteiger partial charge < -0.3 is 10.1 Å². The van der Waals surface area contributed by atoms with Gasteiger partial charge in [-0.2, -0.15) is 0 Å². The van der Waals surface area contributed by atoms with Gasteiger partial charge in [0.1, 0.15) is 5.00 Å². The van der Waals surface area contributed by atoms with E-state index in [0.29, 0.717) is 23.1 Å². The largest absolute Gasteiger partial charge is 0.462 e. The Morgan fingerprint density at radius 1 is 1.17 bits per heavy atom. The summed E-state index contributed by atoms with van der Waals surface area (Å²) in [7, 11) is 0. The molecule has 0 saturated carbocycles. The van der Waals surface area contributed by atoms with Gasteiger partial charge in [0.25, 0.3) is 0 Å². The van der Waals surface area contributed by atoms with Gasteiger partial charge in [-0.3, -0.25) is 4.79 Å². The minimum absolute atomic E-state index is 0.113. The van der Waals surface area contributed by atoms with E-state index in [1.807, 2.05) is 36.4 Å². The van der Waals surface area contributed by atoms with Crippen molar-refractivity contribution in [3.8, 4) is 0 Å². The molecule has 5 heteroatoms. The molecule has 4 nitrogen and oxygen atoms in total. The Hall–Kier alpha value is -2.66. The van der Waals surface area contributed by atoms with Gasteiger partial charge in [0, 0.05) is 4.88 Å². The van der Waals surface area contributed by atoms with Crippen LogP contribution in [0, 0.1) is 5.92 Å². The van der Waals surface area contributed by atoms with Crippen molar-refractivity contribution in [1.82, 2.24) is 0 Å². The summed E-state index contributed by atoms with van der Waals surface area (Å²) in [5, 5.41) is 5.90. The Morgan fingerprint density at radius 2 is 1.97 bits per heavy atom. The first kappa shape index (κ1) is 19.6. The van der Waals surface area contributed by atoms with Crippen molar-refractivity contribution in [2.45, 2.75) is 39.5 Å². The molecule has 1 unspecified atom stereocenters. The lowest BCUT2D eigenvalue weighted by atomic mass is 9.88. The Kier molecular flexibility index (Phi) is 5.67. The van der Waals surface area contributed by atoms with Crippen molar-refractivity contribution in [2.75, 3.05) is 11.9 Å². The number of hydrogen-bond acceptors (Lipinski definition) is 4. The molecule has 0 fully saturated rings. The van der Waals surface area contributed by atoms with E-state index in [0.717, 1.165) is 41.2 Å². The second kappa shape index (κ2) is 8.37. The standard InChI is InChI=1S/C24H25NO3S/c1-3-28-24(27)22-19-11-8-15(2)12-20(19)29-23(22)25-21(26)14-16-9-10-17-6-4-5-7-18(17)13-16/h4-7,9-10,13,15H,3,8,11-12,14H2,1-2H3,(H,25,26). The SMILES string of the molecule is CCOC(=O)c1c(NC(=O)Cc2ccc3ccccc3c2)sc2c1CCC(C)C2. The van der Waals surface area contributed by atoms with Gasteiger partial charge in [0.05, 0.1) is 18.6 Å². The van der Waals surface area contributed by atoms with Crippen LogP contribution in [0.2, 0.25) is 0 Å². The van der Waals surface area contributed by atoms with E-state index >= 15 is 0 Å². The lowest BCUT2D eigenvalue weighted by molar-refractivity contribution is -0.115. The summed E-state index contributed by atoms with van der Waals surface area (Å²) in [4.78, 5) is 26.6. The van der Waals surface area contributed by atoms with E-state index in [4.69, 9.17) is 4.74 Å². The maximum Gasteiger partial charge on any atom is 0.341 e. The Bertz CT molecular complexity index is 1070. The van der Waals surface area contributed by atoms with E-state index in [9.17, 15) is 9.59 Å². The van der Waals surface area contributed by atoms with Gasteiger partial charge in [-0.15, -0.1) is 11.3 Å². The van der Waals surface area contributed by atoms with Crippen LogP contribution in [-0.2, 0) is 28.8 Å². The maximum absolute atomic E-state index is 12.8. The summed E-state index contributed by atoms with van der Waals surface area (Å²) in [5.41, 5.74) is 2.58. The molecule has 0 saturated heterocycles. The van der Waals surface area contributed by atoms with Crippen LogP contribution in [-0.4, -0.2) is 18.5 Å². The van der Waals surface area contributed by atoms with E-state index in [1.54, 1.807) is 6.92 Å². The molecule has 2 aromatic carbocycles. The zero-order chi connectivity index (χ0) is 20.4. The lowest BCUT2D eigenvalue weighted by Crippen LogP contribution is -2.17. The average Bonchev–Trinajstić information content (AvgIpc) is 3.04. The number of hydrogen-bond donors (Lipinski definition) is 1. The molecule has 3 aromatic rings. The van der Waals surface area contributed by atoms with Gasteiger partial charge in [0.2, 0.25) is 5.91 Å². The normalized spacial score (nSPS) is 15.7. The molecule has 1 N–H and O–H groups in total. The highest BCUT2D eigenvalue weighted by atomic mass is 32.1. The molecule has 1 aromatic heterocycles. The van der Waals surface area contributed by atoms with Crippen molar-refractivity contribution in [3.05, 3.63) is 64.0 Å². The number of ether oxygens (including phenoxy) is 1. The van der Waals surface area contributed by atoms with Crippen LogP contribution in [0.1, 0.15) is 46.6 Å². The Balaban J connectivity index is 1.57. The minimum atomic E-state index is -0.333. The summed E-state index contributed by atoms with van der Waals surface area (Å²) >= 11 is 1.53. The van der Waals surface area contributed by atoms with E-state index in [1.165, 1.54) is 16.2 Å². The van der Waals surface area contributed by atoms with Gasteiger partial charge in [-0.25, -0.2) is 4.79 Å². The summed E-state index contributed by atoms with van der Waals surface area (Å²) in [5.74, 6) is 0.149. The van der Waals surface area contributed by atoms with Crippen molar-refractivity contribution in [3.63, 3.8) is 0 Å². The summed E-state index contributed by atoms with van der Waals surface area (Å²) in [6.45, 7) is 4.35. The molecule has 29 heavy (non-hydrogen) atoms. The molecule has 0 aliphatic heterocycles. The zero-order valence-electron chi connectivity index (χ0n) is 16.8. The molecule has 1 amide bonds. The molecule has 1 aliphatic rings. The number of rotatable bonds is 5. The van der Waals surface area contributed by atoms with Gasteiger partial charge in [-0.05, 0) is 54.0 Å². The fourth-order valence-corrected chi connectivity index (χ4v) is 5.38. The van der Waals surface area contributed by atoms with Crippen LogP contribution in [0.25, 0.3) is 10.8 Å². The third-order valence-electron chi connectivity index (χ3n) is 5.42. The number of fused-ring (bicyclic) bond motifs is 2. The van der Waals surface area contributed by atoms with Crippen LogP contribution in [0.5, 0.6) is 0 Å². The van der Waals surface area contributed by atoms with Crippen LogP contribution in [0.4, 0.5) is 5.00 Å².